The van der Waals surface area contributed by atoms with E-state index in [1.54, 1.807) is 0 Å². The maximum Gasteiger partial charge on any atom is 0.255 e. The lowest BCUT2D eigenvalue weighted by Gasteiger charge is -2.48. The molecule has 2 fully saturated rings. The van der Waals surface area contributed by atoms with Crippen LogP contribution in [0.5, 0.6) is 5.75 Å². The molecule has 12 nitrogen and oxygen atoms in total. The van der Waals surface area contributed by atoms with E-state index in [-0.39, 0.29) is 30.6 Å². The van der Waals surface area contributed by atoms with Crippen molar-refractivity contribution in [1.29, 1.82) is 0 Å². The molecule has 4 atom stereocenters. The Labute approximate surface area is 221 Å². The van der Waals surface area contributed by atoms with Gasteiger partial charge in [-0.05, 0) is 44.7 Å². The number of fused-ring (bicyclic) bond motifs is 3. The predicted molar refractivity (Wildman–Crippen MR) is 134 cm³/mol. The highest BCUT2D eigenvalue weighted by molar-refractivity contribution is 6.24. The Morgan fingerprint density at radius 3 is 2.46 bits per heavy atom. The number of likely N-dealkylation sites (tertiary alicyclic amines) is 1. The van der Waals surface area contributed by atoms with Crippen molar-refractivity contribution in [2.24, 2.45) is 23.3 Å². The Hall–Kier alpha value is -3.81. The van der Waals surface area contributed by atoms with E-state index in [0.29, 0.717) is 0 Å². The number of ketones is 2. The first-order valence-corrected chi connectivity index (χ1v) is 12.7. The molecule has 1 aromatic carbocycles. The standard InChI is InChI=1S/C26H29FN4O8/c27-13-8-14(30-15(32)9-31-4-2-1-3-5-31)20(33)17-11(13)6-10-7-12-19(28)22(35)18(25(29)38)24(37)26(12,39)23(36)16(10)21(17)34/h8,10,12,19,33-34,37,39H,1-7,9,28H2,(H2,29,38)(H,30,32)/t10-,12-,19-,26-/m0/s1. The molecular weight excluding hydrogens is 515 g/mol. The molecule has 0 radical (unpaired) electrons. The number of aromatic hydroxyl groups is 1. The molecule has 4 aliphatic rings. The van der Waals surface area contributed by atoms with Crippen molar-refractivity contribution in [3.8, 4) is 5.75 Å². The number of nitrogens with zero attached hydrogens (tertiary/aromatic N) is 1. The van der Waals surface area contributed by atoms with Crippen LogP contribution in [0, 0.1) is 17.7 Å². The summed E-state index contributed by atoms with van der Waals surface area (Å²) in [7, 11) is 0. The van der Waals surface area contributed by atoms with Crippen LogP contribution in [0.15, 0.2) is 23.0 Å². The molecule has 9 N–H and O–H groups in total. The third kappa shape index (κ3) is 3.99. The molecule has 1 saturated heterocycles. The van der Waals surface area contributed by atoms with Gasteiger partial charge < -0.3 is 37.2 Å². The third-order valence-corrected chi connectivity index (χ3v) is 8.29. The Bertz CT molecular complexity index is 1380. The number of rotatable bonds is 4. The molecule has 0 unspecified atom stereocenters. The molecule has 5 rings (SSSR count). The van der Waals surface area contributed by atoms with E-state index in [2.05, 4.69) is 5.32 Å². The number of nitrogens with one attached hydrogen (secondary N) is 1. The fourth-order valence-corrected chi connectivity index (χ4v) is 6.35. The van der Waals surface area contributed by atoms with E-state index >= 15 is 4.39 Å². The number of carbonyl (C=O) groups is 4. The van der Waals surface area contributed by atoms with Gasteiger partial charge in [0.2, 0.25) is 11.7 Å². The monoisotopic (exact) mass is 544 g/mol. The van der Waals surface area contributed by atoms with E-state index in [9.17, 15) is 39.6 Å². The normalized spacial score (nSPS) is 29.1. The topological polar surface area (TPSA) is 217 Å². The summed E-state index contributed by atoms with van der Waals surface area (Å²) in [5, 5.41) is 46.6. The predicted octanol–water partition coefficient (Wildman–Crippen LogP) is -0.0754. The number of anilines is 1. The smallest absolute Gasteiger partial charge is 0.255 e. The zero-order valence-electron chi connectivity index (χ0n) is 20.9. The van der Waals surface area contributed by atoms with Crippen LogP contribution in [0.2, 0.25) is 0 Å². The summed E-state index contributed by atoms with van der Waals surface area (Å²) >= 11 is 0. The average molecular weight is 545 g/mol. The molecule has 3 aliphatic carbocycles. The second-order valence-corrected chi connectivity index (χ2v) is 10.6. The van der Waals surface area contributed by atoms with Gasteiger partial charge in [-0.15, -0.1) is 0 Å². The highest BCUT2D eigenvalue weighted by Crippen LogP contribution is 2.52. The minimum absolute atomic E-state index is 0.0208. The first-order chi connectivity index (χ1) is 18.4. The van der Waals surface area contributed by atoms with Gasteiger partial charge in [-0.3, -0.25) is 24.1 Å². The molecule has 1 aliphatic heterocycles. The van der Waals surface area contributed by atoms with Crippen LogP contribution >= 0.6 is 0 Å². The van der Waals surface area contributed by atoms with Gasteiger partial charge in [0.15, 0.2) is 17.1 Å². The van der Waals surface area contributed by atoms with Gasteiger partial charge in [0, 0.05) is 23.1 Å². The van der Waals surface area contributed by atoms with Crippen LogP contribution < -0.4 is 16.8 Å². The second kappa shape index (κ2) is 9.43. The van der Waals surface area contributed by atoms with Crippen molar-refractivity contribution in [3.05, 3.63) is 39.9 Å². The van der Waals surface area contributed by atoms with Gasteiger partial charge in [-0.2, -0.15) is 0 Å². The van der Waals surface area contributed by atoms with Crippen molar-refractivity contribution in [2.45, 2.75) is 43.7 Å². The van der Waals surface area contributed by atoms with Crippen molar-refractivity contribution < 1.29 is 44.0 Å². The molecule has 1 aromatic rings. The van der Waals surface area contributed by atoms with Crippen molar-refractivity contribution in [3.63, 3.8) is 0 Å². The van der Waals surface area contributed by atoms with Crippen LogP contribution in [0.4, 0.5) is 10.1 Å². The minimum Gasteiger partial charge on any atom is -0.508 e. The molecule has 13 heteroatoms. The maximum atomic E-state index is 15.3. The molecular formula is C26H29FN4O8. The Kier molecular flexibility index (Phi) is 6.48. The number of hydrogen-bond donors (Lipinski definition) is 7. The molecule has 208 valence electrons. The number of aliphatic hydroxyl groups excluding tert-OH is 2. The first-order valence-electron chi connectivity index (χ1n) is 12.7. The Morgan fingerprint density at radius 1 is 1.15 bits per heavy atom. The quantitative estimate of drug-likeness (QED) is 0.198. The van der Waals surface area contributed by atoms with Crippen molar-refractivity contribution in [2.75, 3.05) is 25.0 Å². The van der Waals surface area contributed by atoms with Gasteiger partial charge in [0.05, 0.1) is 23.8 Å². The number of benzene rings is 1. The Balaban J connectivity index is 1.55. The molecule has 0 bridgehead atoms. The van der Waals surface area contributed by atoms with Crippen LogP contribution in [-0.2, 0) is 25.6 Å². The molecule has 1 heterocycles. The van der Waals surface area contributed by atoms with E-state index in [1.807, 2.05) is 4.90 Å². The van der Waals surface area contributed by atoms with E-state index in [0.717, 1.165) is 38.4 Å². The van der Waals surface area contributed by atoms with Gasteiger partial charge in [-0.1, -0.05) is 6.42 Å². The number of piperidine rings is 1. The zero-order chi connectivity index (χ0) is 28.4. The average Bonchev–Trinajstić information content (AvgIpc) is 2.88. The summed E-state index contributed by atoms with van der Waals surface area (Å²) in [6, 6.07) is -0.663. The summed E-state index contributed by atoms with van der Waals surface area (Å²) in [5.41, 5.74) is 5.92. The molecule has 0 aromatic heterocycles. The van der Waals surface area contributed by atoms with Crippen LogP contribution in [0.25, 0.3) is 5.76 Å². The molecule has 2 amide bonds. The van der Waals surface area contributed by atoms with Gasteiger partial charge in [0.25, 0.3) is 5.91 Å². The SMILES string of the molecule is NC(=O)C1=C(O)[C@@]2(O)C(=O)C3=C(O)c4c(O)c(NC(=O)CN5CCCCC5)cc(F)c4C[C@H]3C[C@H]2[C@H](N)C1=O. The summed E-state index contributed by atoms with van der Waals surface area (Å²) in [6.45, 7) is 1.48. The van der Waals surface area contributed by atoms with Crippen molar-refractivity contribution >= 4 is 34.8 Å². The van der Waals surface area contributed by atoms with Gasteiger partial charge in [-0.25, -0.2) is 4.39 Å². The fourth-order valence-electron chi connectivity index (χ4n) is 6.35. The lowest BCUT2D eigenvalue weighted by molar-refractivity contribution is -0.149. The van der Waals surface area contributed by atoms with Gasteiger partial charge in [0.1, 0.15) is 22.9 Å². The maximum absolute atomic E-state index is 15.3. The fraction of sp³-hybridized carbons (Fsp3) is 0.462. The summed E-state index contributed by atoms with van der Waals surface area (Å²) in [4.78, 5) is 52.5. The number of nitrogens with two attached hydrogens (primary N) is 2. The third-order valence-electron chi connectivity index (χ3n) is 8.29. The lowest BCUT2D eigenvalue weighted by Crippen LogP contribution is -2.65. The minimum atomic E-state index is -2.86. The summed E-state index contributed by atoms with van der Waals surface area (Å²) < 4.78 is 15.3. The number of hydrogen-bond acceptors (Lipinski definition) is 10. The number of primary amides is 1. The Morgan fingerprint density at radius 2 is 1.82 bits per heavy atom. The highest BCUT2D eigenvalue weighted by atomic mass is 19.1. The van der Waals surface area contributed by atoms with E-state index in [1.165, 1.54) is 0 Å². The number of phenols is 1. The number of amides is 2. The number of halogens is 1. The zero-order valence-corrected chi connectivity index (χ0v) is 20.9. The number of carbonyl (C=O) groups excluding carboxylic acids is 4. The summed E-state index contributed by atoms with van der Waals surface area (Å²) in [5.74, 6) is -10.2. The molecule has 0 spiro atoms. The van der Waals surface area contributed by atoms with Crippen molar-refractivity contribution in [1.82, 2.24) is 4.90 Å². The molecule has 1 saturated carbocycles. The van der Waals surface area contributed by atoms with Crippen LogP contribution in [0.1, 0.15) is 36.8 Å². The van der Waals surface area contributed by atoms with E-state index in [4.69, 9.17) is 11.5 Å². The van der Waals surface area contributed by atoms with Gasteiger partial charge >= 0.3 is 0 Å². The molecule has 39 heavy (non-hydrogen) atoms. The number of Topliss-reactive ketones (excluding diaryl/α,β-unsaturated/α-hetero) is 2. The highest BCUT2D eigenvalue weighted by Gasteiger charge is 2.63. The lowest BCUT2D eigenvalue weighted by atomic mass is 9.58. The number of aliphatic hydroxyl groups is 3. The van der Waals surface area contributed by atoms with Crippen LogP contribution in [-0.4, -0.2) is 80.0 Å². The largest absolute Gasteiger partial charge is 0.508 e. The first kappa shape index (κ1) is 26.8. The second-order valence-electron chi connectivity index (χ2n) is 10.6. The number of phenolic OH excluding ortho intramolecular Hbond substituents is 1. The summed E-state index contributed by atoms with van der Waals surface area (Å²) in [6.07, 6.45) is 2.50. The van der Waals surface area contributed by atoms with E-state index < -0.39 is 86.7 Å². The van der Waals surface area contributed by atoms with Crippen LogP contribution in [0.3, 0.4) is 0 Å².